The first-order chi connectivity index (χ1) is 16.1. The highest BCUT2D eigenvalue weighted by Crippen LogP contribution is 2.57. The van der Waals surface area contributed by atoms with Crippen molar-refractivity contribution in [3.8, 4) is 11.3 Å². The Morgan fingerprint density at radius 3 is 1.91 bits per heavy atom. The lowest BCUT2D eigenvalue weighted by atomic mass is 9.79. The lowest BCUT2D eigenvalue weighted by molar-refractivity contribution is 1.18. The molecule has 1 aromatic heterocycles. The number of rotatable bonds is 1. The summed E-state index contributed by atoms with van der Waals surface area (Å²) in [4.78, 5) is 7.09. The molecule has 0 unspecified atom stereocenters. The van der Waals surface area contributed by atoms with Crippen molar-refractivity contribution in [1.29, 1.82) is 0 Å². The van der Waals surface area contributed by atoms with Gasteiger partial charge >= 0.3 is 0 Å². The van der Waals surface area contributed by atoms with Gasteiger partial charge in [0.2, 0.25) is 0 Å². The first-order valence-electron chi connectivity index (χ1n) is 11.5. The average Bonchev–Trinajstić information content (AvgIpc) is 2.83. The summed E-state index contributed by atoms with van der Waals surface area (Å²) in [6.45, 7) is 8.89. The molecule has 3 heterocycles. The van der Waals surface area contributed by atoms with E-state index in [4.69, 9.17) is 0 Å². The van der Waals surface area contributed by atoms with E-state index in [0.29, 0.717) is 0 Å². The average molecular weight is 427 g/mol. The maximum atomic E-state index is 4.62. The second-order valence-corrected chi connectivity index (χ2v) is 9.25. The Labute approximate surface area is 195 Å². The van der Waals surface area contributed by atoms with Crippen LogP contribution in [0.15, 0.2) is 96.2 Å². The van der Waals surface area contributed by atoms with E-state index < -0.39 is 0 Å². The van der Waals surface area contributed by atoms with Gasteiger partial charge in [0.15, 0.2) is 0 Å². The van der Waals surface area contributed by atoms with Gasteiger partial charge < -0.3 is 4.90 Å². The molecule has 33 heavy (non-hydrogen) atoms. The number of hydrogen-bond acceptors (Lipinski definition) is 2. The molecule has 0 fully saturated rings. The quantitative estimate of drug-likeness (QED) is 0.262. The molecule has 2 heteroatoms. The third-order valence-electron chi connectivity index (χ3n) is 6.68. The van der Waals surface area contributed by atoms with Crippen molar-refractivity contribution < 1.29 is 0 Å². The molecule has 0 N–H and O–H groups in total. The van der Waals surface area contributed by atoms with Gasteiger partial charge in [-0.25, -0.2) is 0 Å². The van der Waals surface area contributed by atoms with Crippen LogP contribution in [0.2, 0.25) is 0 Å². The van der Waals surface area contributed by atoms with Crippen molar-refractivity contribution in [2.75, 3.05) is 4.90 Å². The second kappa shape index (κ2) is 7.31. The van der Waals surface area contributed by atoms with Gasteiger partial charge in [0, 0.05) is 34.0 Å². The number of hydrogen-bond donors (Lipinski definition) is 0. The summed E-state index contributed by atoms with van der Waals surface area (Å²) < 4.78 is 0. The molecule has 0 saturated carbocycles. The molecule has 3 aromatic carbocycles. The van der Waals surface area contributed by atoms with Gasteiger partial charge in [-0.3, -0.25) is 4.98 Å². The lowest BCUT2D eigenvalue weighted by Gasteiger charge is -2.42. The van der Waals surface area contributed by atoms with Crippen molar-refractivity contribution in [3.05, 3.63) is 118 Å². The summed E-state index contributed by atoms with van der Waals surface area (Å²) in [5.41, 5.74) is 16.4. The first-order valence-corrected chi connectivity index (χ1v) is 11.5. The molecule has 0 amide bonds. The number of fused-ring (bicyclic) bond motifs is 4. The van der Waals surface area contributed by atoms with Gasteiger partial charge in [0.1, 0.15) is 0 Å². The van der Waals surface area contributed by atoms with Crippen LogP contribution in [-0.2, 0) is 0 Å². The van der Waals surface area contributed by atoms with E-state index in [9.17, 15) is 0 Å². The second-order valence-electron chi connectivity index (χ2n) is 9.25. The van der Waals surface area contributed by atoms with Crippen LogP contribution in [0.25, 0.3) is 22.4 Å². The highest BCUT2D eigenvalue weighted by Gasteiger charge is 2.36. The molecule has 2 nitrogen and oxygen atoms in total. The van der Waals surface area contributed by atoms with E-state index >= 15 is 0 Å². The number of benzene rings is 3. The molecule has 2 aliphatic heterocycles. The maximum absolute atomic E-state index is 4.62. The Balaban J connectivity index is 1.74. The predicted molar refractivity (Wildman–Crippen MR) is 139 cm³/mol. The molecular formula is C31H26N2. The van der Waals surface area contributed by atoms with E-state index in [-0.39, 0.29) is 0 Å². The van der Waals surface area contributed by atoms with Crippen LogP contribution in [0, 0.1) is 0 Å². The van der Waals surface area contributed by atoms with Crippen LogP contribution in [0.4, 0.5) is 17.1 Å². The normalized spacial score (nSPS) is 13.3. The largest absolute Gasteiger partial charge is 0.308 e. The van der Waals surface area contributed by atoms with Crippen LogP contribution in [0.1, 0.15) is 49.9 Å². The molecule has 0 bridgehead atoms. The molecule has 4 aromatic rings. The molecule has 0 aliphatic carbocycles. The standard InChI is InChI=1S/C31H26N2/c1-19(2)29-22-10-5-6-14-27(22)33-28-18-21(26-13-7-8-17-32-26)15-16-23(28)30(20(3)4)25-12-9-11-24(29)31(25)33/h5-18H,1-4H3. The molecule has 0 atom stereocenters. The monoisotopic (exact) mass is 426 g/mol. The summed E-state index contributed by atoms with van der Waals surface area (Å²) >= 11 is 0. The SMILES string of the molecule is CC(C)=C1c2ccccc2N2c3cc(-c4ccccn4)ccc3C(=C(C)C)c3cccc1c32. The van der Waals surface area contributed by atoms with E-state index in [1.165, 1.54) is 61.6 Å². The van der Waals surface area contributed by atoms with Gasteiger partial charge in [0.25, 0.3) is 0 Å². The van der Waals surface area contributed by atoms with Crippen molar-refractivity contribution in [3.63, 3.8) is 0 Å². The van der Waals surface area contributed by atoms with Crippen LogP contribution in [-0.4, -0.2) is 4.98 Å². The number of pyridine rings is 1. The fourth-order valence-electron chi connectivity index (χ4n) is 5.43. The third kappa shape index (κ3) is 2.84. The van der Waals surface area contributed by atoms with Crippen molar-refractivity contribution in [1.82, 2.24) is 4.98 Å². The lowest BCUT2D eigenvalue weighted by Crippen LogP contribution is -2.24. The molecule has 0 spiro atoms. The zero-order chi connectivity index (χ0) is 22.7. The summed E-state index contributed by atoms with van der Waals surface area (Å²) in [6.07, 6.45) is 1.86. The Bertz CT molecular complexity index is 1470. The minimum Gasteiger partial charge on any atom is -0.308 e. The van der Waals surface area contributed by atoms with E-state index in [1.807, 2.05) is 18.3 Å². The topological polar surface area (TPSA) is 16.1 Å². The van der Waals surface area contributed by atoms with Gasteiger partial charge in [-0.05, 0) is 63.1 Å². The molecule has 0 radical (unpaired) electrons. The number of allylic oxidation sites excluding steroid dienone is 2. The summed E-state index contributed by atoms with van der Waals surface area (Å²) in [5, 5.41) is 0. The smallest absolute Gasteiger partial charge is 0.0702 e. The van der Waals surface area contributed by atoms with Gasteiger partial charge in [-0.1, -0.05) is 65.7 Å². The van der Waals surface area contributed by atoms with Gasteiger partial charge in [-0.15, -0.1) is 0 Å². The Morgan fingerprint density at radius 1 is 0.606 bits per heavy atom. The van der Waals surface area contributed by atoms with Crippen molar-refractivity contribution in [2.24, 2.45) is 0 Å². The minimum atomic E-state index is 0.994. The predicted octanol–water partition coefficient (Wildman–Crippen LogP) is 8.53. The number of nitrogens with zero attached hydrogens (tertiary/aromatic N) is 2. The zero-order valence-electron chi connectivity index (χ0n) is 19.5. The van der Waals surface area contributed by atoms with E-state index in [2.05, 4.69) is 104 Å². The fraction of sp³-hybridized carbons (Fsp3) is 0.129. The Kier molecular flexibility index (Phi) is 4.38. The van der Waals surface area contributed by atoms with Crippen LogP contribution < -0.4 is 4.90 Å². The summed E-state index contributed by atoms with van der Waals surface area (Å²) in [5.74, 6) is 0. The first kappa shape index (κ1) is 19.8. The molecular weight excluding hydrogens is 400 g/mol. The highest BCUT2D eigenvalue weighted by atomic mass is 15.2. The summed E-state index contributed by atoms with van der Waals surface area (Å²) in [7, 11) is 0. The highest BCUT2D eigenvalue weighted by molar-refractivity contribution is 6.11. The van der Waals surface area contributed by atoms with Crippen LogP contribution >= 0.6 is 0 Å². The fourth-order valence-corrected chi connectivity index (χ4v) is 5.43. The van der Waals surface area contributed by atoms with Gasteiger partial charge in [-0.2, -0.15) is 0 Å². The molecule has 6 rings (SSSR count). The molecule has 160 valence electrons. The third-order valence-corrected chi connectivity index (χ3v) is 6.68. The van der Waals surface area contributed by atoms with Crippen molar-refractivity contribution >= 4 is 28.2 Å². The number of para-hydroxylation sites is 2. The minimum absolute atomic E-state index is 0.994. The van der Waals surface area contributed by atoms with E-state index in [0.717, 1.165) is 11.3 Å². The Morgan fingerprint density at radius 2 is 1.24 bits per heavy atom. The molecule has 2 aliphatic rings. The number of aromatic nitrogens is 1. The van der Waals surface area contributed by atoms with Gasteiger partial charge in [0.05, 0.1) is 22.8 Å². The maximum Gasteiger partial charge on any atom is 0.0702 e. The molecule has 0 saturated heterocycles. The Hall–Kier alpha value is -3.91. The van der Waals surface area contributed by atoms with Crippen LogP contribution in [0.5, 0.6) is 0 Å². The zero-order valence-corrected chi connectivity index (χ0v) is 19.5. The number of anilines is 3. The summed E-state index contributed by atoms with van der Waals surface area (Å²) in [6, 6.07) is 28.5. The van der Waals surface area contributed by atoms with E-state index in [1.54, 1.807) is 0 Å². The van der Waals surface area contributed by atoms with Crippen LogP contribution in [0.3, 0.4) is 0 Å². The van der Waals surface area contributed by atoms with Crippen molar-refractivity contribution in [2.45, 2.75) is 27.7 Å².